The van der Waals surface area contributed by atoms with Crippen LogP contribution in [0.5, 0.6) is 0 Å². The van der Waals surface area contributed by atoms with Gasteiger partial charge in [0.25, 0.3) is 6.43 Å². The highest BCUT2D eigenvalue weighted by Crippen LogP contribution is 2.47. The van der Waals surface area contributed by atoms with Gasteiger partial charge in [-0.15, -0.1) is 0 Å². The Balaban J connectivity index is 1.43. The molecule has 1 saturated heterocycles. The number of aryl methyl sites for hydroxylation is 1. The number of carbonyl (C=O) groups is 1. The first-order valence-corrected chi connectivity index (χ1v) is 12.5. The lowest BCUT2D eigenvalue weighted by Crippen LogP contribution is -2.45. The van der Waals surface area contributed by atoms with E-state index in [0.717, 1.165) is 38.2 Å². The van der Waals surface area contributed by atoms with Crippen molar-refractivity contribution in [2.45, 2.75) is 76.7 Å². The third kappa shape index (κ3) is 4.93. The Morgan fingerprint density at radius 3 is 2.50 bits per heavy atom. The standard InChI is InChI=1S/C26H31F3N4O3/c1-14(17-4-3-5-18(22(17)27)23(28)29)30-24-21(25-35-10-11-36-25)19(31-15(2)32-24)12-20(34)33-26-8-6-16(13-26)7-9-26/h3-5,14,16,23,25H,6-13H2,1-2H3,(H,33,34)(H,30,31,32)/t14-,16?,26?/m1/s1. The Morgan fingerprint density at radius 2 is 1.86 bits per heavy atom. The van der Waals surface area contributed by atoms with Crippen LogP contribution in [0, 0.1) is 18.7 Å². The third-order valence-electron chi connectivity index (χ3n) is 7.58. The summed E-state index contributed by atoms with van der Waals surface area (Å²) in [6.07, 6.45) is 1.63. The highest BCUT2D eigenvalue weighted by molar-refractivity contribution is 5.80. The maximum atomic E-state index is 14.8. The van der Waals surface area contributed by atoms with E-state index in [1.807, 2.05) is 0 Å². The van der Waals surface area contributed by atoms with E-state index in [9.17, 15) is 18.0 Å². The smallest absolute Gasteiger partial charge is 0.266 e. The first-order valence-electron chi connectivity index (χ1n) is 12.5. The molecule has 0 unspecified atom stereocenters. The average molecular weight is 505 g/mol. The number of aromatic nitrogens is 2. The van der Waals surface area contributed by atoms with Gasteiger partial charge in [-0.25, -0.2) is 23.1 Å². The minimum absolute atomic E-state index is 0.0205. The summed E-state index contributed by atoms with van der Waals surface area (Å²) in [5, 5.41) is 6.39. The van der Waals surface area contributed by atoms with E-state index in [-0.39, 0.29) is 23.4 Å². The lowest BCUT2D eigenvalue weighted by molar-refractivity contribution is -0.122. The van der Waals surface area contributed by atoms with Crippen LogP contribution in [0.1, 0.15) is 86.0 Å². The maximum absolute atomic E-state index is 14.8. The average Bonchev–Trinajstić information content (AvgIpc) is 3.56. The Labute approximate surface area is 208 Å². The molecule has 2 aromatic rings. The first-order chi connectivity index (χ1) is 17.2. The van der Waals surface area contributed by atoms with Crippen LogP contribution in [0.3, 0.4) is 0 Å². The quantitative estimate of drug-likeness (QED) is 0.522. The van der Waals surface area contributed by atoms with Gasteiger partial charge in [0.15, 0.2) is 6.29 Å². The fraction of sp³-hybridized carbons (Fsp3) is 0.577. The van der Waals surface area contributed by atoms with Gasteiger partial charge in [0.2, 0.25) is 5.91 Å². The van der Waals surface area contributed by atoms with Gasteiger partial charge in [0, 0.05) is 11.1 Å². The minimum Gasteiger partial charge on any atom is -0.363 e. The van der Waals surface area contributed by atoms with Crippen LogP contribution in [-0.2, 0) is 20.7 Å². The zero-order chi connectivity index (χ0) is 25.4. The van der Waals surface area contributed by atoms with Gasteiger partial charge in [-0.2, -0.15) is 0 Å². The molecule has 2 saturated carbocycles. The Kier molecular flexibility index (Phi) is 6.91. The molecule has 2 aliphatic carbocycles. The molecule has 0 radical (unpaired) electrons. The van der Waals surface area contributed by atoms with Crippen LogP contribution in [0.15, 0.2) is 18.2 Å². The number of amides is 1. The number of carbonyl (C=O) groups excluding carboxylic acids is 1. The minimum atomic E-state index is -2.92. The molecule has 1 aliphatic heterocycles. The number of anilines is 1. The molecule has 1 aromatic heterocycles. The van der Waals surface area contributed by atoms with Gasteiger partial charge in [-0.1, -0.05) is 18.2 Å². The molecule has 10 heteroatoms. The van der Waals surface area contributed by atoms with Gasteiger partial charge in [-0.05, 0) is 51.9 Å². The van der Waals surface area contributed by atoms with E-state index >= 15 is 0 Å². The molecule has 36 heavy (non-hydrogen) atoms. The van der Waals surface area contributed by atoms with Crippen LogP contribution < -0.4 is 10.6 Å². The van der Waals surface area contributed by atoms with Crippen molar-refractivity contribution < 1.29 is 27.4 Å². The van der Waals surface area contributed by atoms with Gasteiger partial charge in [0.05, 0.1) is 42.5 Å². The van der Waals surface area contributed by atoms with Crippen LogP contribution in [-0.4, -0.2) is 34.6 Å². The van der Waals surface area contributed by atoms with Crippen molar-refractivity contribution in [1.82, 2.24) is 15.3 Å². The summed E-state index contributed by atoms with van der Waals surface area (Å²) >= 11 is 0. The predicted octanol–water partition coefficient (Wildman–Crippen LogP) is 5.07. The third-order valence-corrected chi connectivity index (χ3v) is 7.58. The molecule has 1 atom stereocenters. The van der Waals surface area contributed by atoms with E-state index in [0.29, 0.717) is 42.0 Å². The molecule has 2 bridgehead atoms. The highest BCUT2D eigenvalue weighted by atomic mass is 19.3. The van der Waals surface area contributed by atoms with Crippen LogP contribution in [0.4, 0.5) is 19.0 Å². The molecular weight excluding hydrogens is 473 g/mol. The zero-order valence-electron chi connectivity index (χ0n) is 20.5. The maximum Gasteiger partial charge on any atom is 0.266 e. The second-order valence-electron chi connectivity index (χ2n) is 10.1. The van der Waals surface area contributed by atoms with Gasteiger partial charge >= 0.3 is 0 Å². The number of halogens is 3. The topological polar surface area (TPSA) is 85.4 Å². The number of nitrogens with one attached hydrogen (secondary N) is 2. The Hall–Kier alpha value is -2.72. The van der Waals surface area contributed by atoms with Crippen molar-refractivity contribution >= 4 is 11.7 Å². The molecule has 1 aromatic carbocycles. The number of fused-ring (bicyclic) bond motifs is 2. The van der Waals surface area contributed by atoms with E-state index in [1.54, 1.807) is 13.8 Å². The second kappa shape index (κ2) is 9.97. The Morgan fingerprint density at radius 1 is 1.17 bits per heavy atom. The normalized spacial score (nSPS) is 24.4. The van der Waals surface area contributed by atoms with E-state index in [2.05, 4.69) is 20.6 Å². The SMILES string of the molecule is Cc1nc(CC(=O)NC23CCC(CC2)C3)c(C2OCCO2)c(N[C@H](C)c2cccc(C(F)F)c2F)n1. The van der Waals surface area contributed by atoms with E-state index in [4.69, 9.17) is 9.47 Å². The lowest BCUT2D eigenvalue weighted by atomic mass is 9.93. The van der Waals surface area contributed by atoms with Crippen molar-refractivity contribution in [2.24, 2.45) is 5.92 Å². The summed E-state index contributed by atoms with van der Waals surface area (Å²) in [5.41, 5.74) is 0.248. The molecule has 2 N–H and O–H groups in total. The fourth-order valence-electron chi connectivity index (χ4n) is 5.87. The molecule has 3 aliphatic rings. The largest absolute Gasteiger partial charge is 0.363 e. The predicted molar refractivity (Wildman–Crippen MR) is 126 cm³/mol. The van der Waals surface area contributed by atoms with Crippen molar-refractivity contribution in [3.8, 4) is 0 Å². The van der Waals surface area contributed by atoms with E-state index < -0.39 is 30.1 Å². The van der Waals surface area contributed by atoms with Crippen LogP contribution >= 0.6 is 0 Å². The van der Waals surface area contributed by atoms with Crippen molar-refractivity contribution in [2.75, 3.05) is 18.5 Å². The number of alkyl halides is 2. The summed E-state index contributed by atoms with van der Waals surface area (Å²) in [6, 6.07) is 3.23. The van der Waals surface area contributed by atoms with Gasteiger partial charge < -0.3 is 20.1 Å². The number of rotatable bonds is 8. The monoisotopic (exact) mass is 504 g/mol. The Bertz CT molecular complexity index is 1130. The summed E-state index contributed by atoms with van der Waals surface area (Å²) in [4.78, 5) is 22.2. The van der Waals surface area contributed by atoms with Crippen molar-refractivity contribution in [3.63, 3.8) is 0 Å². The molecule has 3 fully saturated rings. The molecule has 1 amide bonds. The van der Waals surface area contributed by atoms with E-state index in [1.165, 1.54) is 12.1 Å². The molecule has 0 spiro atoms. The van der Waals surface area contributed by atoms with Crippen molar-refractivity contribution in [1.29, 1.82) is 0 Å². The molecule has 5 rings (SSSR count). The van der Waals surface area contributed by atoms with Crippen molar-refractivity contribution in [3.05, 3.63) is 52.2 Å². The second-order valence-corrected chi connectivity index (χ2v) is 10.1. The number of ether oxygens (including phenoxy) is 2. The lowest BCUT2D eigenvalue weighted by Gasteiger charge is -2.28. The highest BCUT2D eigenvalue weighted by Gasteiger charge is 2.45. The number of nitrogens with zero attached hydrogens (tertiary/aromatic N) is 2. The summed E-state index contributed by atoms with van der Waals surface area (Å²) < 4.78 is 52.8. The first kappa shape index (κ1) is 25.0. The fourth-order valence-corrected chi connectivity index (χ4v) is 5.87. The van der Waals surface area contributed by atoms with Crippen LogP contribution in [0.2, 0.25) is 0 Å². The number of benzene rings is 1. The summed E-state index contributed by atoms with van der Waals surface area (Å²) in [6.45, 7) is 4.10. The molecular formula is C26H31F3N4O3. The van der Waals surface area contributed by atoms with Gasteiger partial charge in [0.1, 0.15) is 17.5 Å². The molecule has 7 nitrogen and oxygen atoms in total. The molecule has 2 heterocycles. The van der Waals surface area contributed by atoms with Crippen LogP contribution in [0.25, 0.3) is 0 Å². The number of hydrogen-bond donors (Lipinski definition) is 2. The van der Waals surface area contributed by atoms with Gasteiger partial charge in [-0.3, -0.25) is 4.79 Å². The molecule has 194 valence electrons. The summed E-state index contributed by atoms with van der Waals surface area (Å²) in [5.74, 6) is 0.356. The summed E-state index contributed by atoms with van der Waals surface area (Å²) in [7, 11) is 0. The zero-order valence-corrected chi connectivity index (χ0v) is 20.5. The number of hydrogen-bond acceptors (Lipinski definition) is 6.